The SMILES string of the molecule is CN1CCc2ccc(Nc3nccc(-c4c(-c5cccc(NC(=O)c6ccc(F)cc6F)c5)nc5ccccn45)n3)cc2C1. The van der Waals surface area contributed by atoms with Crippen molar-refractivity contribution in [3.8, 4) is 22.6 Å². The van der Waals surface area contributed by atoms with Gasteiger partial charge in [0.05, 0.1) is 22.6 Å². The van der Waals surface area contributed by atoms with Gasteiger partial charge in [0, 0.05) is 48.5 Å². The summed E-state index contributed by atoms with van der Waals surface area (Å²) in [6.07, 6.45) is 4.65. The fourth-order valence-corrected chi connectivity index (χ4v) is 5.51. The van der Waals surface area contributed by atoms with E-state index in [1.54, 1.807) is 24.4 Å². The van der Waals surface area contributed by atoms with Gasteiger partial charge in [-0.2, -0.15) is 0 Å². The molecular formula is C34H27F2N7O. The van der Waals surface area contributed by atoms with Crippen molar-refractivity contribution in [2.75, 3.05) is 24.2 Å². The van der Waals surface area contributed by atoms with E-state index in [4.69, 9.17) is 9.97 Å². The molecule has 0 atom stereocenters. The molecule has 10 heteroatoms. The number of rotatable bonds is 6. The molecule has 1 amide bonds. The van der Waals surface area contributed by atoms with E-state index in [0.717, 1.165) is 43.0 Å². The molecule has 8 nitrogen and oxygen atoms in total. The number of nitrogens with one attached hydrogen (secondary N) is 2. The Hall–Kier alpha value is -5.48. The predicted octanol–water partition coefficient (Wildman–Crippen LogP) is 6.72. The van der Waals surface area contributed by atoms with Crippen LogP contribution in [0, 0.1) is 11.6 Å². The second-order valence-electron chi connectivity index (χ2n) is 10.8. The van der Waals surface area contributed by atoms with Crippen LogP contribution in [0.2, 0.25) is 0 Å². The number of hydrogen-bond acceptors (Lipinski definition) is 6. The van der Waals surface area contributed by atoms with Crippen LogP contribution in [0.4, 0.5) is 26.1 Å². The van der Waals surface area contributed by atoms with Crippen molar-refractivity contribution in [2.24, 2.45) is 0 Å². The Labute approximate surface area is 252 Å². The number of carbonyl (C=O) groups excluding carboxylic acids is 1. The van der Waals surface area contributed by atoms with E-state index < -0.39 is 17.5 Å². The van der Waals surface area contributed by atoms with Crippen molar-refractivity contribution in [1.82, 2.24) is 24.3 Å². The van der Waals surface area contributed by atoms with E-state index in [1.807, 2.05) is 40.9 Å². The Balaban J connectivity index is 1.23. The van der Waals surface area contributed by atoms with Gasteiger partial charge in [0.2, 0.25) is 5.95 Å². The van der Waals surface area contributed by atoms with E-state index in [1.165, 1.54) is 11.1 Å². The quantitative estimate of drug-likeness (QED) is 0.225. The van der Waals surface area contributed by atoms with Gasteiger partial charge in [0.25, 0.3) is 5.91 Å². The highest BCUT2D eigenvalue weighted by molar-refractivity contribution is 6.04. The first-order chi connectivity index (χ1) is 21.4. The summed E-state index contributed by atoms with van der Waals surface area (Å²) in [6.45, 7) is 1.95. The van der Waals surface area contributed by atoms with Crippen molar-refractivity contribution in [1.29, 1.82) is 0 Å². The number of benzene rings is 3. The summed E-state index contributed by atoms with van der Waals surface area (Å²) in [7, 11) is 2.12. The number of fused-ring (bicyclic) bond motifs is 2. The minimum absolute atomic E-state index is 0.253. The topological polar surface area (TPSA) is 87.5 Å². The molecule has 0 unspecified atom stereocenters. The number of imidazole rings is 1. The van der Waals surface area contributed by atoms with E-state index in [0.29, 0.717) is 40.3 Å². The zero-order valence-corrected chi connectivity index (χ0v) is 23.8. The van der Waals surface area contributed by atoms with Crippen LogP contribution in [0.15, 0.2) is 97.3 Å². The Morgan fingerprint density at radius 2 is 1.80 bits per heavy atom. The molecule has 0 saturated heterocycles. The van der Waals surface area contributed by atoms with Gasteiger partial charge in [-0.05, 0) is 79.2 Å². The number of amides is 1. The van der Waals surface area contributed by atoms with Gasteiger partial charge in [0.15, 0.2) is 0 Å². The highest BCUT2D eigenvalue weighted by Crippen LogP contribution is 2.34. The van der Waals surface area contributed by atoms with Crippen LogP contribution >= 0.6 is 0 Å². The zero-order valence-electron chi connectivity index (χ0n) is 23.8. The Morgan fingerprint density at radius 1 is 0.886 bits per heavy atom. The molecule has 3 aromatic heterocycles. The van der Waals surface area contributed by atoms with E-state index >= 15 is 0 Å². The van der Waals surface area contributed by atoms with Gasteiger partial charge < -0.3 is 15.5 Å². The van der Waals surface area contributed by atoms with Crippen LogP contribution in [-0.2, 0) is 13.0 Å². The summed E-state index contributed by atoms with van der Waals surface area (Å²) in [6, 6.07) is 23.9. The molecule has 44 heavy (non-hydrogen) atoms. The number of anilines is 3. The smallest absolute Gasteiger partial charge is 0.258 e. The molecule has 0 fully saturated rings. The Morgan fingerprint density at radius 3 is 2.68 bits per heavy atom. The minimum Gasteiger partial charge on any atom is -0.324 e. The number of carbonyl (C=O) groups is 1. The van der Waals surface area contributed by atoms with Crippen molar-refractivity contribution >= 4 is 28.9 Å². The maximum atomic E-state index is 14.2. The maximum Gasteiger partial charge on any atom is 0.258 e. The van der Waals surface area contributed by atoms with Crippen LogP contribution in [0.5, 0.6) is 0 Å². The fraction of sp³-hybridized carbons (Fsp3) is 0.118. The van der Waals surface area contributed by atoms with Crippen LogP contribution < -0.4 is 10.6 Å². The molecule has 0 radical (unpaired) electrons. The number of likely N-dealkylation sites (N-methyl/N-ethyl adjacent to an activating group) is 1. The first kappa shape index (κ1) is 27.4. The fourth-order valence-electron chi connectivity index (χ4n) is 5.51. The van der Waals surface area contributed by atoms with Crippen LogP contribution in [-0.4, -0.2) is 43.8 Å². The third kappa shape index (κ3) is 5.38. The number of halogens is 2. The largest absolute Gasteiger partial charge is 0.324 e. The molecule has 1 aliphatic heterocycles. The average molecular weight is 588 g/mol. The van der Waals surface area contributed by atoms with Crippen molar-refractivity contribution < 1.29 is 13.6 Å². The highest BCUT2D eigenvalue weighted by Gasteiger charge is 2.20. The first-order valence-electron chi connectivity index (χ1n) is 14.2. The van der Waals surface area contributed by atoms with Gasteiger partial charge >= 0.3 is 0 Å². The second-order valence-corrected chi connectivity index (χ2v) is 10.8. The second kappa shape index (κ2) is 11.3. The molecule has 2 N–H and O–H groups in total. The molecule has 218 valence electrons. The first-order valence-corrected chi connectivity index (χ1v) is 14.2. The lowest BCUT2D eigenvalue weighted by atomic mass is 9.99. The third-order valence-electron chi connectivity index (χ3n) is 7.66. The van der Waals surface area contributed by atoms with Crippen LogP contribution in [0.25, 0.3) is 28.3 Å². The molecular weight excluding hydrogens is 560 g/mol. The van der Waals surface area contributed by atoms with Gasteiger partial charge in [-0.1, -0.05) is 24.3 Å². The average Bonchev–Trinajstić information content (AvgIpc) is 3.41. The normalized spacial score (nSPS) is 13.1. The van der Waals surface area contributed by atoms with Crippen LogP contribution in [0.1, 0.15) is 21.5 Å². The molecule has 3 aromatic carbocycles. The highest BCUT2D eigenvalue weighted by atomic mass is 19.1. The molecule has 7 rings (SSSR count). The monoisotopic (exact) mass is 587 g/mol. The summed E-state index contributed by atoms with van der Waals surface area (Å²) in [5, 5.41) is 6.07. The lowest BCUT2D eigenvalue weighted by molar-refractivity contribution is 0.102. The van der Waals surface area contributed by atoms with E-state index in [2.05, 4.69) is 45.8 Å². The van der Waals surface area contributed by atoms with Gasteiger partial charge in [0.1, 0.15) is 17.3 Å². The van der Waals surface area contributed by atoms with Crippen molar-refractivity contribution in [2.45, 2.75) is 13.0 Å². The number of aromatic nitrogens is 4. The molecule has 4 heterocycles. The molecule has 0 bridgehead atoms. The van der Waals surface area contributed by atoms with E-state index in [-0.39, 0.29) is 5.56 Å². The zero-order chi connectivity index (χ0) is 30.2. The summed E-state index contributed by atoms with van der Waals surface area (Å²) in [4.78, 5) is 29.3. The van der Waals surface area contributed by atoms with Gasteiger partial charge in [-0.15, -0.1) is 0 Å². The van der Waals surface area contributed by atoms with E-state index in [9.17, 15) is 13.6 Å². The predicted molar refractivity (Wildman–Crippen MR) is 166 cm³/mol. The van der Waals surface area contributed by atoms with Crippen LogP contribution in [0.3, 0.4) is 0 Å². The summed E-state index contributed by atoms with van der Waals surface area (Å²) in [5.41, 5.74) is 7.21. The molecule has 6 aromatic rings. The summed E-state index contributed by atoms with van der Waals surface area (Å²) >= 11 is 0. The van der Waals surface area contributed by atoms with Crippen molar-refractivity contribution in [3.63, 3.8) is 0 Å². The number of nitrogens with zero attached hydrogens (tertiary/aromatic N) is 5. The lowest BCUT2D eigenvalue weighted by Crippen LogP contribution is -2.26. The third-order valence-corrected chi connectivity index (χ3v) is 7.66. The summed E-state index contributed by atoms with van der Waals surface area (Å²) < 4.78 is 29.5. The minimum atomic E-state index is -0.933. The molecule has 0 saturated carbocycles. The molecule has 0 spiro atoms. The lowest BCUT2D eigenvalue weighted by Gasteiger charge is -2.25. The van der Waals surface area contributed by atoms with Gasteiger partial charge in [-0.25, -0.2) is 23.7 Å². The Kier molecular flexibility index (Phi) is 7.03. The van der Waals surface area contributed by atoms with Crippen molar-refractivity contribution in [3.05, 3.63) is 126 Å². The standard InChI is InChI=1S/C34H27F2N7O/c1-42-16-13-21-8-10-26(18-23(21)20-42)39-34-37-14-12-29(40-34)32-31(41-30-7-2-3-15-43(30)32)22-5-4-6-25(17-22)38-33(44)27-11-9-24(35)19-28(27)36/h2-12,14-15,17-19H,13,16,20H2,1H3,(H,38,44)(H,37,39,40). The van der Waals surface area contributed by atoms with Gasteiger partial charge in [-0.3, -0.25) is 9.20 Å². The number of hydrogen-bond donors (Lipinski definition) is 2. The molecule has 1 aliphatic rings. The summed E-state index contributed by atoms with van der Waals surface area (Å²) in [5.74, 6) is -1.92. The maximum absolute atomic E-state index is 14.2. The number of pyridine rings is 1. The molecule has 0 aliphatic carbocycles. The Bertz CT molecular complexity index is 2040.